The summed E-state index contributed by atoms with van der Waals surface area (Å²) in [6.45, 7) is 0.550. The summed E-state index contributed by atoms with van der Waals surface area (Å²) in [5, 5.41) is 0. The largest absolute Gasteiger partial charge is 0.381 e. The number of guanidine groups is 1. The zero-order valence-electron chi connectivity index (χ0n) is 9.59. The van der Waals surface area contributed by atoms with Crippen molar-refractivity contribution in [2.45, 2.75) is 0 Å². The summed E-state index contributed by atoms with van der Waals surface area (Å²) >= 11 is 0. The van der Waals surface area contributed by atoms with Gasteiger partial charge in [0, 0.05) is 12.7 Å². The number of nitrogens with zero attached hydrogens (tertiary/aromatic N) is 1. The van der Waals surface area contributed by atoms with Crippen molar-refractivity contribution >= 4 is 17.9 Å². The maximum atomic E-state index is 11.4. The Labute approximate surface area is 99.8 Å². The lowest BCUT2D eigenvalue weighted by molar-refractivity contribution is 0.100. The van der Waals surface area contributed by atoms with Crippen molar-refractivity contribution in [3.63, 3.8) is 0 Å². The first-order valence-corrected chi connectivity index (χ1v) is 5.03. The number of nitrogens with two attached hydrogens (primary N) is 2. The summed E-state index contributed by atoms with van der Waals surface area (Å²) in [5.74, 6) is -0.684. The van der Waals surface area contributed by atoms with Crippen LogP contribution in [0.4, 0.5) is 0 Å². The molecule has 0 aromatic heterocycles. The van der Waals surface area contributed by atoms with Crippen LogP contribution in [0.5, 0.6) is 0 Å². The Morgan fingerprint density at radius 3 is 2.53 bits per heavy atom. The van der Waals surface area contributed by atoms with Crippen LogP contribution in [-0.2, 0) is 4.74 Å². The lowest BCUT2D eigenvalue weighted by atomic mass is 10.1. The average Bonchev–Trinajstić information content (AvgIpc) is 2.29. The van der Waals surface area contributed by atoms with Crippen LogP contribution in [0.3, 0.4) is 0 Å². The molecule has 0 atom stereocenters. The first kappa shape index (κ1) is 12.9. The van der Waals surface area contributed by atoms with Crippen molar-refractivity contribution in [3.05, 3.63) is 41.5 Å². The normalized spacial score (nSPS) is 10.4. The molecule has 1 aromatic carbocycles. The second kappa shape index (κ2) is 6.44. The molecule has 0 aliphatic rings. The van der Waals surface area contributed by atoms with E-state index in [0.717, 1.165) is 5.56 Å². The average molecular weight is 233 g/mol. The second-order valence-corrected chi connectivity index (χ2v) is 3.32. The van der Waals surface area contributed by atoms with Crippen molar-refractivity contribution in [3.8, 4) is 0 Å². The number of hydrogen-bond acceptors (Lipinski definition) is 2. The predicted molar refractivity (Wildman–Crippen MR) is 67.5 cm³/mol. The molecule has 0 bridgehead atoms. The number of aliphatic imine (C=N–C) groups is 1. The molecule has 4 N–H and O–H groups in total. The van der Waals surface area contributed by atoms with E-state index in [9.17, 15) is 4.79 Å². The van der Waals surface area contributed by atoms with Crippen LogP contribution in [0.1, 0.15) is 15.9 Å². The minimum absolute atomic E-state index is 0.237. The topological polar surface area (TPSA) is 90.7 Å². The van der Waals surface area contributed by atoms with Gasteiger partial charge in [0.1, 0.15) is 0 Å². The van der Waals surface area contributed by atoms with Gasteiger partial charge in [0.15, 0.2) is 5.96 Å². The van der Waals surface area contributed by atoms with E-state index >= 15 is 0 Å². The van der Waals surface area contributed by atoms with Gasteiger partial charge in [0.2, 0.25) is 0 Å². The minimum Gasteiger partial charge on any atom is -0.381 e. The third-order valence-electron chi connectivity index (χ3n) is 1.96. The molecule has 90 valence electrons. The van der Waals surface area contributed by atoms with E-state index in [0.29, 0.717) is 12.2 Å². The van der Waals surface area contributed by atoms with Crippen molar-refractivity contribution in [1.82, 2.24) is 0 Å². The van der Waals surface area contributed by atoms with Gasteiger partial charge in [-0.05, 0) is 17.7 Å². The number of carbonyl (C=O) groups is 1. The summed E-state index contributed by atoms with van der Waals surface area (Å²) in [4.78, 5) is 14.9. The number of methoxy groups -OCH3 is 1. The SMILES string of the molecule is COCC=Cc1ccc(C(=O)N=C(N)N)cc1. The minimum atomic E-state index is -0.447. The Hall–Kier alpha value is -2.14. The maximum Gasteiger partial charge on any atom is 0.280 e. The molecule has 1 aromatic rings. The quantitative estimate of drug-likeness (QED) is 0.593. The van der Waals surface area contributed by atoms with Crippen LogP contribution >= 0.6 is 0 Å². The van der Waals surface area contributed by atoms with Gasteiger partial charge < -0.3 is 16.2 Å². The summed E-state index contributed by atoms with van der Waals surface area (Å²) in [6.07, 6.45) is 3.78. The third-order valence-corrected chi connectivity index (χ3v) is 1.96. The van der Waals surface area contributed by atoms with Crippen LogP contribution in [0.25, 0.3) is 6.08 Å². The Morgan fingerprint density at radius 2 is 2.00 bits per heavy atom. The molecule has 0 aliphatic heterocycles. The molecule has 0 unspecified atom stereocenters. The number of carbonyl (C=O) groups excluding carboxylic acids is 1. The van der Waals surface area contributed by atoms with Crippen molar-refractivity contribution in [2.75, 3.05) is 13.7 Å². The fraction of sp³-hybridized carbons (Fsp3) is 0.167. The van der Waals surface area contributed by atoms with Crippen LogP contribution in [0, 0.1) is 0 Å². The Morgan fingerprint density at radius 1 is 1.35 bits per heavy atom. The number of amides is 1. The second-order valence-electron chi connectivity index (χ2n) is 3.32. The standard InChI is InChI=1S/C12H15N3O2/c1-17-8-2-3-9-4-6-10(7-5-9)11(16)15-12(13)14/h2-7H,8H2,1H3,(H4,13,14,15,16). The number of rotatable bonds is 4. The molecule has 1 amide bonds. The molecule has 1 rings (SSSR count). The van der Waals surface area contributed by atoms with Crippen molar-refractivity contribution in [2.24, 2.45) is 16.5 Å². The Balaban J connectivity index is 2.74. The van der Waals surface area contributed by atoms with Gasteiger partial charge in [-0.3, -0.25) is 4.79 Å². The van der Waals surface area contributed by atoms with E-state index in [1.165, 1.54) is 0 Å². The molecule has 0 spiro atoms. The van der Waals surface area contributed by atoms with Gasteiger partial charge in [-0.25, -0.2) is 0 Å². The molecule has 0 saturated carbocycles. The van der Waals surface area contributed by atoms with E-state index in [2.05, 4.69) is 4.99 Å². The summed E-state index contributed by atoms with van der Waals surface area (Å²) < 4.78 is 4.88. The van der Waals surface area contributed by atoms with Crippen LogP contribution in [0.2, 0.25) is 0 Å². The highest BCUT2D eigenvalue weighted by atomic mass is 16.5. The van der Waals surface area contributed by atoms with E-state index in [-0.39, 0.29) is 5.96 Å². The van der Waals surface area contributed by atoms with E-state index in [1.54, 1.807) is 19.2 Å². The fourth-order valence-corrected chi connectivity index (χ4v) is 1.20. The zero-order chi connectivity index (χ0) is 12.7. The predicted octanol–water partition coefficient (Wildman–Crippen LogP) is 0.760. The Bertz CT molecular complexity index is 432. The first-order chi connectivity index (χ1) is 8.13. The molecule has 0 radical (unpaired) electrons. The van der Waals surface area contributed by atoms with Crippen LogP contribution in [0.15, 0.2) is 35.3 Å². The molecule has 0 heterocycles. The Kier molecular flexibility index (Phi) is 4.90. The smallest absolute Gasteiger partial charge is 0.280 e. The molecule has 5 nitrogen and oxygen atoms in total. The molecule has 0 saturated heterocycles. The monoisotopic (exact) mass is 233 g/mol. The number of benzene rings is 1. The van der Waals surface area contributed by atoms with Crippen LogP contribution in [-0.4, -0.2) is 25.6 Å². The first-order valence-electron chi connectivity index (χ1n) is 5.03. The molecular weight excluding hydrogens is 218 g/mol. The van der Waals surface area contributed by atoms with Crippen molar-refractivity contribution in [1.29, 1.82) is 0 Å². The molecule has 17 heavy (non-hydrogen) atoms. The fourth-order valence-electron chi connectivity index (χ4n) is 1.20. The number of ether oxygens (including phenoxy) is 1. The van der Waals surface area contributed by atoms with Gasteiger partial charge >= 0.3 is 0 Å². The van der Waals surface area contributed by atoms with E-state index in [1.807, 2.05) is 24.3 Å². The van der Waals surface area contributed by atoms with Gasteiger partial charge in [-0.2, -0.15) is 4.99 Å². The molecule has 0 aliphatic carbocycles. The maximum absolute atomic E-state index is 11.4. The summed E-state index contributed by atoms with van der Waals surface area (Å²) in [6, 6.07) is 6.95. The highest BCUT2D eigenvalue weighted by Gasteiger charge is 2.03. The highest BCUT2D eigenvalue weighted by Crippen LogP contribution is 2.07. The molecular formula is C12H15N3O2. The van der Waals surface area contributed by atoms with Crippen LogP contribution < -0.4 is 11.5 Å². The van der Waals surface area contributed by atoms with Gasteiger partial charge in [0.25, 0.3) is 5.91 Å². The summed E-state index contributed by atoms with van der Waals surface area (Å²) in [7, 11) is 1.63. The third kappa shape index (κ3) is 4.48. The van der Waals surface area contributed by atoms with Gasteiger partial charge in [0.05, 0.1) is 6.61 Å². The molecule has 0 fully saturated rings. The molecule has 5 heteroatoms. The lowest BCUT2D eigenvalue weighted by Crippen LogP contribution is -2.24. The highest BCUT2D eigenvalue weighted by molar-refractivity contribution is 6.01. The van der Waals surface area contributed by atoms with Crippen molar-refractivity contribution < 1.29 is 9.53 Å². The zero-order valence-corrected chi connectivity index (χ0v) is 9.59. The lowest BCUT2D eigenvalue weighted by Gasteiger charge is -1.97. The van der Waals surface area contributed by atoms with Gasteiger partial charge in [-0.1, -0.05) is 24.3 Å². The number of hydrogen-bond donors (Lipinski definition) is 2. The van der Waals surface area contributed by atoms with Gasteiger partial charge in [-0.15, -0.1) is 0 Å². The van der Waals surface area contributed by atoms with E-state index in [4.69, 9.17) is 16.2 Å². The summed E-state index contributed by atoms with van der Waals surface area (Å²) in [5.41, 5.74) is 11.7. The van der Waals surface area contributed by atoms with E-state index < -0.39 is 5.91 Å².